The van der Waals surface area contributed by atoms with Gasteiger partial charge in [0, 0.05) is 41.7 Å². The van der Waals surface area contributed by atoms with Crippen molar-refractivity contribution in [2.75, 3.05) is 6.61 Å². The molecular formula is C27H26N2O6. The van der Waals surface area contributed by atoms with E-state index in [2.05, 4.69) is 5.16 Å². The van der Waals surface area contributed by atoms with Crippen molar-refractivity contribution in [3.63, 3.8) is 0 Å². The predicted molar refractivity (Wildman–Crippen MR) is 128 cm³/mol. The van der Waals surface area contributed by atoms with Gasteiger partial charge in [0.2, 0.25) is 0 Å². The first kappa shape index (κ1) is 21.2. The molecule has 0 atom stereocenters. The third-order valence-electron chi connectivity index (χ3n) is 5.18. The third-order valence-corrected chi connectivity index (χ3v) is 5.18. The summed E-state index contributed by atoms with van der Waals surface area (Å²) in [4.78, 5) is 25.7. The summed E-state index contributed by atoms with van der Waals surface area (Å²) in [6, 6.07) is 17.9. The SMILES string of the molecule is [2H]C([2H])(c1ccccc1OCCc1cc(C(=O)O)no1)N(C(=O)c1ccc(-c2ccco2)cc1)C(C)C. The van der Waals surface area contributed by atoms with Crippen LogP contribution >= 0.6 is 0 Å². The maximum atomic E-state index is 13.5. The molecule has 4 rings (SSSR count). The summed E-state index contributed by atoms with van der Waals surface area (Å²) in [5.74, 6) is -0.398. The van der Waals surface area contributed by atoms with Crippen molar-refractivity contribution in [1.82, 2.24) is 10.1 Å². The Bertz CT molecular complexity index is 1360. The van der Waals surface area contributed by atoms with E-state index in [-0.39, 0.29) is 30.0 Å². The molecule has 0 radical (unpaired) electrons. The number of aromatic nitrogens is 1. The Hall–Kier alpha value is -4.33. The second kappa shape index (κ2) is 10.7. The summed E-state index contributed by atoms with van der Waals surface area (Å²) >= 11 is 0. The Morgan fingerprint density at radius 1 is 1.11 bits per heavy atom. The average Bonchev–Trinajstić information content (AvgIpc) is 3.57. The van der Waals surface area contributed by atoms with E-state index in [0.717, 1.165) is 5.56 Å². The molecular weight excluding hydrogens is 448 g/mol. The Morgan fingerprint density at radius 3 is 2.54 bits per heavy atom. The number of carbonyl (C=O) groups excluding carboxylic acids is 1. The number of benzene rings is 2. The van der Waals surface area contributed by atoms with Gasteiger partial charge in [0.25, 0.3) is 5.91 Å². The molecule has 0 spiro atoms. The summed E-state index contributed by atoms with van der Waals surface area (Å²) in [6.45, 7) is 1.39. The molecule has 0 aliphatic rings. The summed E-state index contributed by atoms with van der Waals surface area (Å²) in [7, 11) is 0. The molecule has 35 heavy (non-hydrogen) atoms. The minimum absolute atomic E-state index is 0.0885. The van der Waals surface area contributed by atoms with Crippen LogP contribution in [0.15, 0.2) is 81.9 Å². The van der Waals surface area contributed by atoms with Crippen molar-refractivity contribution in [2.45, 2.75) is 32.8 Å². The lowest BCUT2D eigenvalue weighted by Gasteiger charge is -2.28. The largest absolute Gasteiger partial charge is 0.493 e. The molecule has 0 saturated heterocycles. The zero-order chi connectivity index (χ0) is 26.6. The molecule has 8 heteroatoms. The fraction of sp³-hybridized carbons (Fsp3) is 0.222. The molecule has 0 saturated carbocycles. The second-order valence-corrected chi connectivity index (χ2v) is 8.01. The van der Waals surface area contributed by atoms with Crippen LogP contribution in [0.4, 0.5) is 0 Å². The zero-order valence-electron chi connectivity index (χ0n) is 21.3. The quantitative estimate of drug-likeness (QED) is 0.331. The Labute approximate surface area is 205 Å². The maximum absolute atomic E-state index is 13.5. The first-order chi connectivity index (χ1) is 17.7. The molecule has 0 bridgehead atoms. The molecule has 1 N–H and O–H groups in total. The highest BCUT2D eigenvalue weighted by molar-refractivity contribution is 5.94. The number of furan rings is 1. The number of aromatic carboxylic acids is 1. The van der Waals surface area contributed by atoms with Crippen LogP contribution in [0.25, 0.3) is 11.3 Å². The smallest absolute Gasteiger partial charge is 0.358 e. The van der Waals surface area contributed by atoms with Gasteiger partial charge in [-0.05, 0) is 44.2 Å². The monoisotopic (exact) mass is 476 g/mol. The van der Waals surface area contributed by atoms with E-state index < -0.39 is 24.4 Å². The Morgan fingerprint density at radius 2 is 1.89 bits per heavy atom. The minimum atomic E-state index is -2.20. The molecule has 0 aliphatic carbocycles. The van der Waals surface area contributed by atoms with Crippen LogP contribution in [-0.2, 0) is 12.9 Å². The van der Waals surface area contributed by atoms with E-state index in [1.54, 1.807) is 74.7 Å². The lowest BCUT2D eigenvalue weighted by Crippen LogP contribution is -2.36. The molecule has 0 aliphatic heterocycles. The number of carboxylic acid groups (broad SMARTS) is 1. The molecule has 2 aromatic heterocycles. The molecule has 8 nitrogen and oxygen atoms in total. The van der Waals surface area contributed by atoms with Gasteiger partial charge in [0.05, 0.1) is 15.6 Å². The van der Waals surface area contributed by atoms with E-state index in [1.165, 1.54) is 11.0 Å². The van der Waals surface area contributed by atoms with Gasteiger partial charge in [-0.15, -0.1) is 0 Å². The maximum Gasteiger partial charge on any atom is 0.358 e. The van der Waals surface area contributed by atoms with Gasteiger partial charge in [0.1, 0.15) is 17.3 Å². The minimum Gasteiger partial charge on any atom is -0.493 e. The molecule has 2 heterocycles. The first-order valence-electron chi connectivity index (χ1n) is 12.1. The summed E-state index contributed by atoms with van der Waals surface area (Å²) in [5, 5.41) is 12.4. The van der Waals surface area contributed by atoms with Crippen molar-refractivity contribution in [3.05, 3.63) is 95.6 Å². The van der Waals surface area contributed by atoms with Crippen LogP contribution in [0.5, 0.6) is 5.75 Å². The summed E-state index contributed by atoms with van der Waals surface area (Å²) in [6.07, 6.45) is 1.80. The van der Waals surface area contributed by atoms with Gasteiger partial charge in [0.15, 0.2) is 5.69 Å². The van der Waals surface area contributed by atoms with Crippen LogP contribution in [-0.4, -0.2) is 39.7 Å². The van der Waals surface area contributed by atoms with Crippen molar-refractivity contribution in [1.29, 1.82) is 0 Å². The average molecular weight is 477 g/mol. The highest BCUT2D eigenvalue weighted by atomic mass is 16.5. The zero-order valence-corrected chi connectivity index (χ0v) is 19.3. The van der Waals surface area contributed by atoms with Crippen LogP contribution in [0.2, 0.25) is 0 Å². The summed E-state index contributed by atoms with van der Waals surface area (Å²) < 4.78 is 34.2. The topological polar surface area (TPSA) is 106 Å². The van der Waals surface area contributed by atoms with Crippen molar-refractivity contribution in [2.24, 2.45) is 0 Å². The first-order valence-corrected chi connectivity index (χ1v) is 11.1. The fourth-order valence-corrected chi connectivity index (χ4v) is 3.38. The lowest BCUT2D eigenvalue weighted by molar-refractivity contribution is 0.0678. The third kappa shape index (κ3) is 5.78. The number of hydrogen-bond acceptors (Lipinski definition) is 6. The van der Waals surface area contributed by atoms with Gasteiger partial charge in [-0.3, -0.25) is 4.79 Å². The second-order valence-electron chi connectivity index (χ2n) is 8.01. The van der Waals surface area contributed by atoms with Crippen LogP contribution in [0.1, 0.15) is 48.8 Å². The van der Waals surface area contributed by atoms with E-state index in [9.17, 15) is 9.59 Å². The van der Waals surface area contributed by atoms with Crippen molar-refractivity contribution in [3.8, 4) is 17.1 Å². The standard InChI is InChI=1S/C27H26N2O6/c1-18(2)29(26(30)20-11-9-19(10-12-20)24-8-5-14-33-24)17-21-6-3-4-7-25(21)34-15-13-22-16-23(27(31)32)28-35-22/h3-12,14,16,18H,13,15,17H2,1-2H3,(H,31,32)/i17D2. The number of rotatable bonds is 10. The Balaban J connectivity index is 1.54. The van der Waals surface area contributed by atoms with Crippen molar-refractivity contribution >= 4 is 11.9 Å². The number of hydrogen-bond donors (Lipinski definition) is 1. The van der Waals surface area contributed by atoms with Crippen LogP contribution in [0, 0.1) is 0 Å². The molecule has 0 unspecified atom stereocenters. The molecule has 1 amide bonds. The molecule has 4 aromatic rings. The normalized spacial score (nSPS) is 12.2. The van der Waals surface area contributed by atoms with E-state index in [0.29, 0.717) is 17.1 Å². The number of amides is 1. The molecule has 180 valence electrons. The van der Waals surface area contributed by atoms with Crippen LogP contribution < -0.4 is 4.74 Å². The highest BCUT2D eigenvalue weighted by Gasteiger charge is 2.21. The number of carbonyl (C=O) groups is 2. The van der Waals surface area contributed by atoms with Gasteiger partial charge < -0.3 is 23.7 Å². The summed E-state index contributed by atoms with van der Waals surface area (Å²) in [5.41, 5.74) is 1.13. The predicted octanol–water partition coefficient (Wildman–Crippen LogP) is 5.31. The van der Waals surface area contributed by atoms with Crippen LogP contribution in [0.3, 0.4) is 0 Å². The number of ether oxygens (including phenoxy) is 1. The highest BCUT2D eigenvalue weighted by Crippen LogP contribution is 2.24. The molecule has 0 fully saturated rings. The van der Waals surface area contributed by atoms with Gasteiger partial charge in [-0.25, -0.2) is 4.79 Å². The van der Waals surface area contributed by atoms with E-state index in [4.69, 9.17) is 21.5 Å². The van der Waals surface area contributed by atoms with Gasteiger partial charge in [-0.1, -0.05) is 35.5 Å². The molecule has 2 aromatic carbocycles. The van der Waals surface area contributed by atoms with Gasteiger partial charge in [-0.2, -0.15) is 0 Å². The fourth-order valence-electron chi connectivity index (χ4n) is 3.38. The van der Waals surface area contributed by atoms with E-state index in [1.807, 2.05) is 6.07 Å². The number of carboxylic acids is 1. The van der Waals surface area contributed by atoms with Crippen molar-refractivity contribution < 1.29 is 31.1 Å². The number of para-hydroxylation sites is 1. The Kier molecular flexibility index (Phi) is 6.51. The van der Waals surface area contributed by atoms with Gasteiger partial charge >= 0.3 is 5.97 Å². The number of nitrogens with zero attached hydrogens (tertiary/aromatic N) is 2. The lowest BCUT2D eigenvalue weighted by atomic mass is 10.1. The van der Waals surface area contributed by atoms with E-state index >= 15 is 0 Å².